The normalized spacial score (nSPS) is 19.0. The molecule has 0 heterocycles. The lowest BCUT2D eigenvalue weighted by Gasteiger charge is -2.27. The van der Waals surface area contributed by atoms with Crippen molar-refractivity contribution >= 4 is 12.4 Å². The van der Waals surface area contributed by atoms with Crippen LogP contribution in [0.15, 0.2) is 48.5 Å². The number of benzene rings is 2. The number of phenolic OH excluding ortho intramolecular Hbond substituents is 1. The summed E-state index contributed by atoms with van der Waals surface area (Å²) in [5, 5.41) is 20.1. The van der Waals surface area contributed by atoms with Crippen LogP contribution in [0.4, 0.5) is 0 Å². The van der Waals surface area contributed by atoms with Crippen molar-refractivity contribution < 1.29 is 14.9 Å². The molecule has 25 heavy (non-hydrogen) atoms. The van der Waals surface area contributed by atoms with Crippen molar-refractivity contribution in [2.45, 2.75) is 37.8 Å². The van der Waals surface area contributed by atoms with Crippen LogP contribution in [0.5, 0.6) is 11.5 Å². The van der Waals surface area contributed by atoms with Crippen molar-refractivity contribution in [3.63, 3.8) is 0 Å². The second-order valence-corrected chi connectivity index (χ2v) is 6.58. The Morgan fingerprint density at radius 2 is 1.88 bits per heavy atom. The van der Waals surface area contributed by atoms with E-state index in [-0.39, 0.29) is 31.0 Å². The topological polar surface area (TPSA) is 75.7 Å². The Bertz CT molecular complexity index is 665. The smallest absolute Gasteiger partial charge is 0.119 e. The molecule has 0 bridgehead atoms. The van der Waals surface area contributed by atoms with Crippen LogP contribution < -0.4 is 10.5 Å². The molecule has 5 heteroatoms. The number of rotatable bonds is 5. The summed E-state index contributed by atoms with van der Waals surface area (Å²) in [4.78, 5) is 0. The molecule has 3 atom stereocenters. The monoisotopic (exact) mass is 363 g/mol. The Balaban J connectivity index is 0.00000225. The first kappa shape index (κ1) is 19.6. The Labute approximate surface area is 155 Å². The molecule has 4 nitrogen and oxygen atoms in total. The van der Waals surface area contributed by atoms with Gasteiger partial charge in [0.2, 0.25) is 0 Å². The molecule has 1 aliphatic carbocycles. The van der Waals surface area contributed by atoms with E-state index in [1.807, 2.05) is 42.5 Å². The summed E-state index contributed by atoms with van der Waals surface area (Å²) in [6.07, 6.45) is 3.07. The molecular formula is C20H26ClNO3. The molecule has 2 aromatic rings. The van der Waals surface area contributed by atoms with Gasteiger partial charge in [0.15, 0.2) is 0 Å². The molecule has 0 saturated carbocycles. The Morgan fingerprint density at radius 3 is 2.64 bits per heavy atom. The number of ether oxygens (including phenoxy) is 1. The predicted molar refractivity (Wildman–Crippen MR) is 101 cm³/mol. The summed E-state index contributed by atoms with van der Waals surface area (Å²) in [5.74, 6) is 1.27. The van der Waals surface area contributed by atoms with Gasteiger partial charge in [-0.15, -0.1) is 12.4 Å². The average Bonchev–Trinajstić information content (AvgIpc) is 2.81. The van der Waals surface area contributed by atoms with Gasteiger partial charge in [-0.05, 0) is 67.0 Å². The fourth-order valence-electron chi connectivity index (χ4n) is 3.44. The summed E-state index contributed by atoms with van der Waals surface area (Å²) < 4.78 is 5.63. The van der Waals surface area contributed by atoms with E-state index in [4.69, 9.17) is 10.5 Å². The van der Waals surface area contributed by atoms with E-state index in [2.05, 4.69) is 0 Å². The highest BCUT2D eigenvalue weighted by Crippen LogP contribution is 2.29. The summed E-state index contributed by atoms with van der Waals surface area (Å²) in [6.45, 7) is 0.199. The van der Waals surface area contributed by atoms with Gasteiger partial charge in [-0.3, -0.25) is 0 Å². The number of nitrogens with two attached hydrogens (primary N) is 1. The molecule has 2 unspecified atom stereocenters. The minimum Gasteiger partial charge on any atom is -0.508 e. The molecule has 0 fully saturated rings. The molecule has 0 radical (unpaired) electrons. The lowest BCUT2D eigenvalue weighted by molar-refractivity contribution is 0.0645. The second kappa shape index (κ2) is 9.09. The summed E-state index contributed by atoms with van der Waals surface area (Å²) in [6, 6.07) is 14.7. The molecule has 0 spiro atoms. The van der Waals surface area contributed by atoms with Crippen molar-refractivity contribution in [1.29, 1.82) is 0 Å². The van der Waals surface area contributed by atoms with E-state index in [1.54, 1.807) is 6.07 Å². The highest BCUT2D eigenvalue weighted by molar-refractivity contribution is 5.85. The van der Waals surface area contributed by atoms with E-state index >= 15 is 0 Å². The number of hydrogen-bond acceptors (Lipinski definition) is 4. The van der Waals surface area contributed by atoms with Crippen molar-refractivity contribution in [1.82, 2.24) is 0 Å². The van der Waals surface area contributed by atoms with Crippen LogP contribution in [0, 0.1) is 5.92 Å². The highest BCUT2D eigenvalue weighted by atomic mass is 35.5. The lowest BCUT2D eigenvalue weighted by Crippen LogP contribution is -2.45. The van der Waals surface area contributed by atoms with Crippen LogP contribution in [0.2, 0.25) is 0 Å². The van der Waals surface area contributed by atoms with Crippen molar-refractivity contribution in [2.24, 2.45) is 11.7 Å². The molecule has 0 saturated heterocycles. The van der Waals surface area contributed by atoms with E-state index in [0.29, 0.717) is 5.75 Å². The zero-order valence-electron chi connectivity index (χ0n) is 14.2. The minimum absolute atomic E-state index is 0. The van der Waals surface area contributed by atoms with Gasteiger partial charge in [0, 0.05) is 6.04 Å². The number of hydrogen-bond donors (Lipinski definition) is 3. The van der Waals surface area contributed by atoms with Gasteiger partial charge in [-0.25, -0.2) is 0 Å². The van der Waals surface area contributed by atoms with Gasteiger partial charge < -0.3 is 20.7 Å². The largest absolute Gasteiger partial charge is 0.508 e. The van der Waals surface area contributed by atoms with Crippen LogP contribution in [0.3, 0.4) is 0 Å². The molecule has 2 aromatic carbocycles. The minimum atomic E-state index is -0.700. The molecular weight excluding hydrogens is 338 g/mol. The molecule has 136 valence electrons. The third-order valence-electron chi connectivity index (χ3n) is 4.85. The molecule has 0 aliphatic heterocycles. The van der Waals surface area contributed by atoms with Crippen molar-refractivity contribution in [3.8, 4) is 11.5 Å². The number of aromatic hydroxyl groups is 1. The Hall–Kier alpha value is -1.75. The number of para-hydroxylation sites is 1. The summed E-state index contributed by atoms with van der Waals surface area (Å²) in [5.41, 5.74) is 8.75. The number of fused-ring (bicyclic) bond motifs is 1. The molecule has 0 aromatic heterocycles. The predicted octanol–water partition coefficient (Wildman–Crippen LogP) is 3.08. The fraction of sp³-hybridized carbons (Fsp3) is 0.400. The first-order chi connectivity index (χ1) is 11.6. The van der Waals surface area contributed by atoms with Crippen LogP contribution >= 0.6 is 12.4 Å². The first-order valence-corrected chi connectivity index (χ1v) is 8.56. The van der Waals surface area contributed by atoms with Crippen LogP contribution in [0.25, 0.3) is 0 Å². The van der Waals surface area contributed by atoms with Crippen molar-refractivity contribution in [3.05, 3.63) is 59.7 Å². The number of halogens is 1. The third-order valence-corrected chi connectivity index (χ3v) is 4.85. The maximum atomic E-state index is 10.4. The van der Waals surface area contributed by atoms with Gasteiger partial charge in [0.1, 0.15) is 24.2 Å². The zero-order valence-corrected chi connectivity index (χ0v) is 15.0. The highest BCUT2D eigenvalue weighted by Gasteiger charge is 2.28. The molecule has 0 amide bonds. The Kier molecular flexibility index (Phi) is 7.12. The fourth-order valence-corrected chi connectivity index (χ4v) is 3.44. The number of aliphatic hydroxyl groups excluding tert-OH is 1. The number of aliphatic hydroxyl groups is 1. The summed E-state index contributed by atoms with van der Waals surface area (Å²) in [7, 11) is 0. The van der Waals surface area contributed by atoms with Crippen LogP contribution in [0.1, 0.15) is 24.0 Å². The van der Waals surface area contributed by atoms with Crippen molar-refractivity contribution in [2.75, 3.05) is 6.61 Å². The lowest BCUT2D eigenvalue weighted by atomic mass is 9.87. The number of aryl methyl sites for hydroxylation is 1. The third kappa shape index (κ3) is 5.11. The molecule has 1 aliphatic rings. The molecule has 4 N–H and O–H groups in total. The van der Waals surface area contributed by atoms with Gasteiger partial charge in [0.05, 0.1) is 0 Å². The van der Waals surface area contributed by atoms with Gasteiger partial charge in [-0.2, -0.15) is 0 Å². The standard InChI is InChI=1S/C20H25NO3.ClH/c21-20(19(23)13-24-18-7-2-1-3-8-18)16-6-4-5-14-12-17(22)10-9-15(14)11-16;/h1-3,7-10,12,16,19-20,22-23H,4-6,11,13,21H2;1H/t16?,19-,20?;/m1./s1. The SMILES string of the molecule is Cl.NC(C1CCCc2cc(O)ccc2C1)[C@H](O)COc1ccccc1. The van der Waals surface area contributed by atoms with Gasteiger partial charge in [-0.1, -0.05) is 24.3 Å². The van der Waals surface area contributed by atoms with E-state index < -0.39 is 6.10 Å². The van der Waals surface area contributed by atoms with Gasteiger partial charge in [0.25, 0.3) is 0 Å². The van der Waals surface area contributed by atoms with E-state index in [1.165, 1.54) is 11.1 Å². The van der Waals surface area contributed by atoms with Crippen LogP contribution in [-0.2, 0) is 12.8 Å². The molecule has 3 rings (SSSR count). The maximum absolute atomic E-state index is 10.4. The van der Waals surface area contributed by atoms with Crippen LogP contribution in [-0.4, -0.2) is 29.0 Å². The van der Waals surface area contributed by atoms with E-state index in [0.717, 1.165) is 31.4 Å². The average molecular weight is 364 g/mol. The second-order valence-electron chi connectivity index (χ2n) is 6.58. The van der Waals surface area contributed by atoms with E-state index in [9.17, 15) is 10.2 Å². The van der Waals surface area contributed by atoms with Gasteiger partial charge >= 0.3 is 0 Å². The number of phenols is 1. The first-order valence-electron chi connectivity index (χ1n) is 8.56. The quantitative estimate of drug-likeness (QED) is 0.713. The summed E-state index contributed by atoms with van der Waals surface area (Å²) >= 11 is 0. The Morgan fingerprint density at radius 1 is 1.12 bits per heavy atom. The maximum Gasteiger partial charge on any atom is 0.119 e. The zero-order chi connectivity index (χ0) is 16.9.